The van der Waals surface area contributed by atoms with Crippen LogP contribution in [0.2, 0.25) is 0 Å². The zero-order valence-corrected chi connectivity index (χ0v) is 9.06. The van der Waals surface area contributed by atoms with Gasteiger partial charge in [0.1, 0.15) is 11.6 Å². The highest BCUT2D eigenvalue weighted by molar-refractivity contribution is 7.98. The number of hydrogen-bond donors (Lipinski definition) is 3. The van der Waals surface area contributed by atoms with Crippen molar-refractivity contribution in [2.24, 2.45) is 0 Å². The number of thioether (sulfide) groups is 1. The van der Waals surface area contributed by atoms with Crippen LogP contribution >= 0.6 is 11.8 Å². The molecule has 1 aromatic rings. The van der Waals surface area contributed by atoms with Gasteiger partial charge in [0.05, 0.1) is 6.61 Å². The van der Waals surface area contributed by atoms with Crippen molar-refractivity contribution in [2.45, 2.75) is 5.16 Å². The number of aliphatic hydroxyl groups excluding tert-OH is 1. The smallest absolute Gasteiger partial charge is 0.191 e. The minimum atomic E-state index is 0.0908. The predicted molar refractivity (Wildman–Crippen MR) is 58.9 cm³/mol. The van der Waals surface area contributed by atoms with Gasteiger partial charge < -0.3 is 15.7 Å². The highest BCUT2D eigenvalue weighted by atomic mass is 32.2. The van der Waals surface area contributed by atoms with Crippen LogP contribution in [-0.2, 0) is 0 Å². The van der Waals surface area contributed by atoms with Crippen LogP contribution in [0.25, 0.3) is 0 Å². The largest absolute Gasteiger partial charge is 0.395 e. The molecular formula is C8H14N4OS. The molecule has 78 valence electrons. The molecule has 0 aliphatic heterocycles. The van der Waals surface area contributed by atoms with Crippen LogP contribution < -0.4 is 10.6 Å². The third-order valence-corrected chi connectivity index (χ3v) is 2.11. The molecule has 6 heteroatoms. The third kappa shape index (κ3) is 3.04. The van der Waals surface area contributed by atoms with Crippen LogP contribution in [0.3, 0.4) is 0 Å². The van der Waals surface area contributed by atoms with Gasteiger partial charge in [-0.25, -0.2) is 9.97 Å². The molecule has 0 fully saturated rings. The van der Waals surface area contributed by atoms with E-state index in [1.165, 1.54) is 11.8 Å². The van der Waals surface area contributed by atoms with Gasteiger partial charge in [-0.2, -0.15) is 0 Å². The van der Waals surface area contributed by atoms with Gasteiger partial charge in [-0.1, -0.05) is 11.8 Å². The second-order valence-electron chi connectivity index (χ2n) is 2.53. The highest BCUT2D eigenvalue weighted by Crippen LogP contribution is 2.16. The molecule has 0 radical (unpaired) electrons. The molecule has 0 saturated carbocycles. The Balaban J connectivity index is 2.81. The molecule has 0 aliphatic carbocycles. The Morgan fingerprint density at radius 3 is 2.71 bits per heavy atom. The first-order valence-corrected chi connectivity index (χ1v) is 5.48. The second-order valence-corrected chi connectivity index (χ2v) is 3.30. The zero-order chi connectivity index (χ0) is 10.4. The maximum absolute atomic E-state index is 8.65. The minimum Gasteiger partial charge on any atom is -0.395 e. The topological polar surface area (TPSA) is 70.1 Å². The summed E-state index contributed by atoms with van der Waals surface area (Å²) in [6.45, 7) is 0.585. The van der Waals surface area contributed by atoms with Gasteiger partial charge in [0, 0.05) is 19.7 Å². The van der Waals surface area contributed by atoms with E-state index in [1.54, 1.807) is 6.07 Å². The molecule has 14 heavy (non-hydrogen) atoms. The minimum absolute atomic E-state index is 0.0908. The Bertz CT molecular complexity index is 272. The SMILES string of the molecule is CNc1cc(NCCO)nc(SC)n1. The van der Waals surface area contributed by atoms with Gasteiger partial charge in [0.15, 0.2) is 5.16 Å². The summed E-state index contributed by atoms with van der Waals surface area (Å²) in [5, 5.41) is 15.3. The molecule has 5 nitrogen and oxygen atoms in total. The van der Waals surface area contributed by atoms with Crippen LogP contribution in [0, 0.1) is 0 Å². The molecule has 0 aliphatic rings. The predicted octanol–water partition coefficient (Wildman–Crippen LogP) is 0.644. The number of anilines is 2. The van der Waals surface area contributed by atoms with Crippen molar-refractivity contribution >= 4 is 23.4 Å². The number of nitrogens with zero attached hydrogens (tertiary/aromatic N) is 2. The lowest BCUT2D eigenvalue weighted by Gasteiger charge is -2.07. The van der Waals surface area contributed by atoms with E-state index in [2.05, 4.69) is 20.6 Å². The lowest BCUT2D eigenvalue weighted by Crippen LogP contribution is -2.08. The molecule has 0 atom stereocenters. The molecule has 0 amide bonds. The van der Waals surface area contributed by atoms with Crippen LogP contribution in [-0.4, -0.2) is 41.5 Å². The lowest BCUT2D eigenvalue weighted by molar-refractivity contribution is 0.311. The van der Waals surface area contributed by atoms with E-state index in [0.717, 1.165) is 11.6 Å². The van der Waals surface area contributed by atoms with E-state index >= 15 is 0 Å². The fraction of sp³-hybridized carbons (Fsp3) is 0.500. The van der Waals surface area contributed by atoms with E-state index in [1.807, 2.05) is 13.3 Å². The van der Waals surface area contributed by atoms with Gasteiger partial charge >= 0.3 is 0 Å². The number of rotatable bonds is 5. The summed E-state index contributed by atoms with van der Waals surface area (Å²) in [6.07, 6.45) is 1.92. The van der Waals surface area contributed by atoms with Crippen LogP contribution in [0.4, 0.5) is 11.6 Å². The van der Waals surface area contributed by atoms with E-state index in [-0.39, 0.29) is 6.61 Å². The molecular weight excluding hydrogens is 200 g/mol. The standard InChI is InChI=1S/C8H14N4OS/c1-9-6-5-7(10-3-4-13)12-8(11-6)14-2/h5,13H,3-4H2,1-2H3,(H2,9,10,11,12). The molecule has 1 rings (SSSR count). The van der Waals surface area contributed by atoms with Crippen molar-refractivity contribution in [2.75, 3.05) is 37.1 Å². The van der Waals surface area contributed by atoms with Gasteiger partial charge in [-0.05, 0) is 6.26 Å². The molecule has 0 unspecified atom stereocenters. The number of aliphatic hydroxyl groups is 1. The molecule has 1 heterocycles. The highest BCUT2D eigenvalue weighted by Gasteiger charge is 2.01. The van der Waals surface area contributed by atoms with Gasteiger partial charge in [-0.3, -0.25) is 0 Å². The summed E-state index contributed by atoms with van der Waals surface area (Å²) in [4.78, 5) is 8.44. The summed E-state index contributed by atoms with van der Waals surface area (Å²) in [7, 11) is 1.81. The third-order valence-electron chi connectivity index (χ3n) is 1.56. The zero-order valence-electron chi connectivity index (χ0n) is 8.24. The Labute approximate surface area is 87.3 Å². The van der Waals surface area contributed by atoms with Crippen molar-refractivity contribution in [1.29, 1.82) is 0 Å². The summed E-state index contributed by atoms with van der Waals surface area (Å²) in [5.74, 6) is 1.49. The lowest BCUT2D eigenvalue weighted by atomic mass is 10.5. The van der Waals surface area contributed by atoms with Crippen LogP contribution in [0.5, 0.6) is 0 Å². The summed E-state index contributed by atoms with van der Waals surface area (Å²) in [6, 6.07) is 1.80. The second kappa shape index (κ2) is 5.66. The van der Waals surface area contributed by atoms with Crippen LogP contribution in [0.1, 0.15) is 0 Å². The van der Waals surface area contributed by atoms with Crippen molar-refractivity contribution < 1.29 is 5.11 Å². The number of hydrogen-bond acceptors (Lipinski definition) is 6. The molecule has 1 aromatic heterocycles. The maximum Gasteiger partial charge on any atom is 0.191 e. The van der Waals surface area contributed by atoms with Crippen molar-refractivity contribution in [3.05, 3.63) is 6.07 Å². The van der Waals surface area contributed by atoms with Crippen LogP contribution in [0.15, 0.2) is 11.2 Å². The first kappa shape index (κ1) is 11.1. The Morgan fingerprint density at radius 2 is 2.14 bits per heavy atom. The fourth-order valence-electron chi connectivity index (χ4n) is 0.919. The average molecular weight is 214 g/mol. The first-order chi connectivity index (χ1) is 6.80. The molecule has 0 bridgehead atoms. The Morgan fingerprint density at radius 1 is 1.43 bits per heavy atom. The molecule has 0 spiro atoms. The van der Waals surface area contributed by atoms with Gasteiger partial charge in [-0.15, -0.1) is 0 Å². The quantitative estimate of drug-likeness (QED) is 0.494. The molecule has 0 aromatic carbocycles. The van der Waals surface area contributed by atoms with E-state index < -0.39 is 0 Å². The van der Waals surface area contributed by atoms with Crippen molar-refractivity contribution in [3.63, 3.8) is 0 Å². The van der Waals surface area contributed by atoms with Gasteiger partial charge in [0.25, 0.3) is 0 Å². The van der Waals surface area contributed by atoms with Crippen molar-refractivity contribution in [1.82, 2.24) is 9.97 Å². The van der Waals surface area contributed by atoms with E-state index in [0.29, 0.717) is 11.7 Å². The van der Waals surface area contributed by atoms with E-state index in [4.69, 9.17) is 5.11 Å². The van der Waals surface area contributed by atoms with Gasteiger partial charge in [0.2, 0.25) is 0 Å². The summed E-state index contributed by atoms with van der Waals surface area (Å²) >= 11 is 1.48. The maximum atomic E-state index is 8.65. The summed E-state index contributed by atoms with van der Waals surface area (Å²) in [5.41, 5.74) is 0. The monoisotopic (exact) mass is 214 g/mol. The average Bonchev–Trinajstić information content (AvgIpc) is 2.25. The van der Waals surface area contributed by atoms with Crippen molar-refractivity contribution in [3.8, 4) is 0 Å². The Hall–Kier alpha value is -1.01. The molecule has 3 N–H and O–H groups in total. The number of aromatic nitrogens is 2. The summed E-state index contributed by atoms with van der Waals surface area (Å²) < 4.78 is 0. The number of nitrogens with one attached hydrogen (secondary N) is 2. The van der Waals surface area contributed by atoms with E-state index in [9.17, 15) is 0 Å². The first-order valence-electron chi connectivity index (χ1n) is 4.25. The molecule has 0 saturated heterocycles. The Kier molecular flexibility index (Phi) is 4.48. The fourth-order valence-corrected chi connectivity index (χ4v) is 1.30. The normalized spacial score (nSPS) is 9.93.